The Morgan fingerprint density at radius 2 is 1.80 bits per heavy atom. The minimum absolute atomic E-state index is 0.116. The normalized spacial score (nSPS) is 11.0. The second kappa shape index (κ2) is 8.24. The predicted octanol–water partition coefficient (Wildman–Crippen LogP) is 2.92. The molecule has 152 valence electrons. The van der Waals surface area contributed by atoms with Crippen molar-refractivity contribution in [2.45, 2.75) is 20.0 Å². The minimum atomic E-state index is -0.443. The van der Waals surface area contributed by atoms with Gasteiger partial charge in [0.2, 0.25) is 0 Å². The molecule has 0 saturated carbocycles. The Morgan fingerprint density at radius 3 is 2.50 bits per heavy atom. The average Bonchev–Trinajstić information content (AvgIpc) is 3.17. The van der Waals surface area contributed by atoms with Gasteiger partial charge in [-0.3, -0.25) is 9.36 Å². The zero-order valence-electron chi connectivity index (χ0n) is 16.7. The maximum atomic E-state index is 13.1. The van der Waals surface area contributed by atoms with Gasteiger partial charge in [-0.05, 0) is 31.2 Å². The summed E-state index contributed by atoms with van der Waals surface area (Å²) in [4.78, 5) is 30.6. The van der Waals surface area contributed by atoms with E-state index in [1.807, 2.05) is 61.5 Å². The molecule has 4 rings (SSSR count). The highest BCUT2D eigenvalue weighted by molar-refractivity contribution is 5.72. The average molecular weight is 402 g/mol. The molecule has 0 unspecified atom stereocenters. The quantitative estimate of drug-likeness (QED) is 0.446. The highest BCUT2D eigenvalue weighted by atomic mass is 16.5. The summed E-state index contributed by atoms with van der Waals surface area (Å²) in [5.74, 6) is 0.752. The number of rotatable bonds is 7. The fourth-order valence-corrected chi connectivity index (χ4v) is 3.34. The summed E-state index contributed by atoms with van der Waals surface area (Å²) >= 11 is 0. The van der Waals surface area contributed by atoms with Crippen LogP contribution in [0.4, 0.5) is 0 Å². The Morgan fingerprint density at radius 1 is 1.07 bits per heavy atom. The molecule has 30 heavy (non-hydrogen) atoms. The van der Waals surface area contributed by atoms with Crippen LogP contribution in [-0.4, -0.2) is 25.3 Å². The fraction of sp³-hybridized carbons (Fsp3) is 0.174. The number of aryl methyl sites for hydroxylation is 1. The van der Waals surface area contributed by atoms with Crippen molar-refractivity contribution in [2.75, 3.05) is 6.61 Å². The molecule has 2 aromatic carbocycles. The van der Waals surface area contributed by atoms with Crippen LogP contribution in [0.1, 0.15) is 5.56 Å². The number of imidazole rings is 1. The number of fused-ring (bicyclic) bond motifs is 1. The van der Waals surface area contributed by atoms with Gasteiger partial charge in [0.05, 0.1) is 18.6 Å². The molecule has 7 nitrogen and oxygen atoms in total. The lowest BCUT2D eigenvalue weighted by Crippen LogP contribution is -2.39. The fourth-order valence-electron chi connectivity index (χ4n) is 3.34. The molecule has 0 N–H and O–H groups in total. The maximum absolute atomic E-state index is 13.1. The maximum Gasteiger partial charge on any atom is 0.337 e. The van der Waals surface area contributed by atoms with Crippen LogP contribution >= 0.6 is 0 Å². The monoisotopic (exact) mass is 402 g/mol. The third-order valence-corrected chi connectivity index (χ3v) is 4.85. The molecule has 0 aliphatic heterocycles. The molecule has 0 fully saturated rings. The molecule has 0 aliphatic carbocycles. The molecular formula is C23H22N4O3. The molecule has 2 heterocycles. The Labute approximate surface area is 173 Å². The van der Waals surface area contributed by atoms with E-state index in [2.05, 4.69) is 11.6 Å². The van der Waals surface area contributed by atoms with Gasteiger partial charge in [-0.1, -0.05) is 42.0 Å². The van der Waals surface area contributed by atoms with Crippen LogP contribution in [-0.2, 0) is 13.1 Å². The van der Waals surface area contributed by atoms with Crippen LogP contribution in [0.15, 0.2) is 83.2 Å². The van der Waals surface area contributed by atoms with E-state index in [0.29, 0.717) is 30.0 Å². The summed E-state index contributed by atoms with van der Waals surface area (Å²) in [6.07, 6.45) is 3.11. The summed E-state index contributed by atoms with van der Waals surface area (Å²) in [6.45, 7) is 6.54. The van der Waals surface area contributed by atoms with Gasteiger partial charge in [0, 0.05) is 6.54 Å². The Hall–Kier alpha value is -3.87. The molecule has 0 atom stereocenters. The van der Waals surface area contributed by atoms with Crippen LogP contribution in [0.2, 0.25) is 0 Å². The third-order valence-electron chi connectivity index (χ3n) is 4.85. The summed E-state index contributed by atoms with van der Waals surface area (Å²) in [7, 11) is 0. The van der Waals surface area contributed by atoms with E-state index in [1.54, 1.807) is 10.9 Å². The third kappa shape index (κ3) is 3.57. The van der Waals surface area contributed by atoms with Gasteiger partial charge in [-0.15, -0.1) is 6.58 Å². The lowest BCUT2D eigenvalue weighted by atomic mass is 10.2. The van der Waals surface area contributed by atoms with Gasteiger partial charge in [0.25, 0.3) is 5.56 Å². The molecule has 0 radical (unpaired) electrons. The first-order valence-electron chi connectivity index (χ1n) is 9.66. The van der Waals surface area contributed by atoms with Gasteiger partial charge in [0.1, 0.15) is 12.4 Å². The molecule has 0 saturated heterocycles. The number of aromatic nitrogens is 4. The van der Waals surface area contributed by atoms with E-state index in [-0.39, 0.29) is 6.54 Å². The van der Waals surface area contributed by atoms with Crippen LogP contribution in [0, 0.1) is 6.92 Å². The smallest absolute Gasteiger partial charge is 0.337 e. The number of allylic oxidation sites excluding steroid dienone is 1. The van der Waals surface area contributed by atoms with E-state index >= 15 is 0 Å². The van der Waals surface area contributed by atoms with Crippen LogP contribution < -0.4 is 16.0 Å². The van der Waals surface area contributed by atoms with Crippen molar-refractivity contribution in [3.05, 3.63) is 100.0 Å². The van der Waals surface area contributed by atoms with Gasteiger partial charge < -0.3 is 9.30 Å². The van der Waals surface area contributed by atoms with Gasteiger partial charge >= 0.3 is 5.69 Å². The van der Waals surface area contributed by atoms with Crippen molar-refractivity contribution >= 4 is 11.2 Å². The van der Waals surface area contributed by atoms with Gasteiger partial charge in [0.15, 0.2) is 11.2 Å². The molecule has 4 aromatic rings. The van der Waals surface area contributed by atoms with Crippen molar-refractivity contribution in [3.8, 4) is 11.4 Å². The van der Waals surface area contributed by atoms with Gasteiger partial charge in [-0.25, -0.2) is 14.3 Å². The number of ether oxygens (including phenoxy) is 1. The Bertz CT molecular complexity index is 1300. The molecule has 0 aliphatic rings. The van der Waals surface area contributed by atoms with Crippen molar-refractivity contribution in [2.24, 2.45) is 0 Å². The zero-order chi connectivity index (χ0) is 21.1. The number of hydrogen-bond acceptors (Lipinski definition) is 4. The highest BCUT2D eigenvalue weighted by Gasteiger charge is 2.18. The lowest BCUT2D eigenvalue weighted by molar-refractivity contribution is 0.300. The molecule has 0 spiro atoms. The largest absolute Gasteiger partial charge is 0.492 e. The Balaban J connectivity index is 1.80. The number of benzene rings is 2. The van der Waals surface area contributed by atoms with E-state index in [4.69, 9.17) is 4.74 Å². The molecule has 7 heteroatoms. The van der Waals surface area contributed by atoms with Crippen molar-refractivity contribution < 1.29 is 4.74 Å². The topological polar surface area (TPSA) is 71.0 Å². The van der Waals surface area contributed by atoms with Crippen LogP contribution in [0.25, 0.3) is 16.9 Å². The second-order valence-corrected chi connectivity index (χ2v) is 6.93. The van der Waals surface area contributed by atoms with E-state index < -0.39 is 11.2 Å². The SMILES string of the molecule is C=CCn1c(=O)c2c(ncn2CCOc2ccccc2)n(-c2ccc(C)cc2)c1=O. The van der Waals surface area contributed by atoms with Crippen LogP contribution in [0.3, 0.4) is 0 Å². The first-order chi connectivity index (χ1) is 14.6. The standard InChI is InChI=1S/C23H22N4O3/c1-3-13-26-22(28)20-21(27(23(26)29)18-11-9-17(2)10-12-18)24-16-25(20)14-15-30-19-7-5-4-6-8-19/h3-12,16H,1,13-15H2,2H3. The van der Waals surface area contributed by atoms with Gasteiger partial charge in [-0.2, -0.15) is 0 Å². The van der Waals surface area contributed by atoms with E-state index in [1.165, 1.54) is 15.2 Å². The van der Waals surface area contributed by atoms with Crippen LogP contribution in [0.5, 0.6) is 5.75 Å². The molecule has 0 bridgehead atoms. The molecule has 2 aromatic heterocycles. The molecule has 0 amide bonds. The molecular weight excluding hydrogens is 380 g/mol. The zero-order valence-corrected chi connectivity index (χ0v) is 16.7. The predicted molar refractivity (Wildman–Crippen MR) is 116 cm³/mol. The van der Waals surface area contributed by atoms with Crippen molar-refractivity contribution in [1.29, 1.82) is 0 Å². The first-order valence-corrected chi connectivity index (χ1v) is 9.66. The minimum Gasteiger partial charge on any atom is -0.492 e. The number of hydrogen-bond donors (Lipinski definition) is 0. The lowest BCUT2D eigenvalue weighted by Gasteiger charge is -2.12. The number of nitrogens with zero attached hydrogens (tertiary/aromatic N) is 4. The second-order valence-electron chi connectivity index (χ2n) is 6.93. The summed E-state index contributed by atoms with van der Waals surface area (Å²) in [5.41, 5.74) is 1.57. The summed E-state index contributed by atoms with van der Waals surface area (Å²) < 4.78 is 10.1. The summed E-state index contributed by atoms with van der Waals surface area (Å²) in [5, 5.41) is 0. The van der Waals surface area contributed by atoms with E-state index in [0.717, 1.165) is 11.3 Å². The highest BCUT2D eigenvalue weighted by Crippen LogP contribution is 2.14. The van der Waals surface area contributed by atoms with Crippen molar-refractivity contribution in [3.63, 3.8) is 0 Å². The summed E-state index contributed by atoms with van der Waals surface area (Å²) in [6, 6.07) is 17.0. The first kappa shape index (κ1) is 19.4. The Kier molecular flexibility index (Phi) is 5.34. The van der Waals surface area contributed by atoms with Crippen molar-refractivity contribution in [1.82, 2.24) is 18.7 Å². The number of para-hydroxylation sites is 1. The van der Waals surface area contributed by atoms with E-state index in [9.17, 15) is 9.59 Å².